The van der Waals surface area contributed by atoms with Gasteiger partial charge in [0.05, 0.1) is 15.7 Å². The van der Waals surface area contributed by atoms with Crippen molar-refractivity contribution >= 4 is 40.9 Å². The molecule has 0 aliphatic heterocycles. The van der Waals surface area contributed by atoms with Crippen LogP contribution in [-0.4, -0.2) is 36.6 Å². The number of H-pyrrole nitrogens is 1. The van der Waals surface area contributed by atoms with Crippen LogP contribution in [0.2, 0.25) is 10.0 Å². The molecule has 13 nitrogen and oxygen atoms in total. The van der Waals surface area contributed by atoms with Crippen molar-refractivity contribution in [3.63, 3.8) is 0 Å². The van der Waals surface area contributed by atoms with Crippen LogP contribution in [0.1, 0.15) is 37.9 Å². The number of nitriles is 1. The van der Waals surface area contributed by atoms with Gasteiger partial charge in [0.25, 0.3) is 11.1 Å². The van der Waals surface area contributed by atoms with Crippen LogP contribution in [0.5, 0.6) is 11.6 Å². The number of halogens is 3. The van der Waals surface area contributed by atoms with Crippen LogP contribution in [0, 0.1) is 11.3 Å². The fourth-order valence-corrected chi connectivity index (χ4v) is 3.54. The van der Waals surface area contributed by atoms with Crippen molar-refractivity contribution in [2.24, 2.45) is 0 Å². The second-order valence-corrected chi connectivity index (χ2v) is 8.83. The first-order valence-corrected chi connectivity index (χ1v) is 11.6. The largest absolute Gasteiger partial charge is 0.441 e. The highest BCUT2D eigenvalue weighted by atomic mass is 35.5. The van der Waals surface area contributed by atoms with E-state index in [1.54, 1.807) is 19.9 Å². The van der Waals surface area contributed by atoms with Crippen LogP contribution in [-0.2, 0) is 16.3 Å². The zero-order chi connectivity index (χ0) is 27.4. The minimum atomic E-state index is -0.942. The van der Waals surface area contributed by atoms with E-state index < -0.39 is 41.2 Å². The van der Waals surface area contributed by atoms with Gasteiger partial charge in [0.1, 0.15) is 12.1 Å². The van der Waals surface area contributed by atoms with E-state index in [0.717, 1.165) is 9.36 Å². The van der Waals surface area contributed by atoms with Gasteiger partial charge >= 0.3 is 11.7 Å². The van der Waals surface area contributed by atoms with Gasteiger partial charge in [-0.2, -0.15) is 14.6 Å². The van der Waals surface area contributed by atoms with Gasteiger partial charge in [-0.1, -0.05) is 37.0 Å². The van der Waals surface area contributed by atoms with Crippen molar-refractivity contribution in [2.75, 3.05) is 0 Å². The second-order valence-electron chi connectivity index (χ2n) is 7.79. The topological polar surface area (TPSA) is 174 Å². The van der Waals surface area contributed by atoms with E-state index in [2.05, 4.69) is 15.0 Å². The molecule has 0 saturated carbocycles. The van der Waals surface area contributed by atoms with E-state index in [1.165, 1.54) is 25.1 Å². The Hall–Kier alpha value is -3.70. The molecule has 37 heavy (non-hydrogen) atoms. The van der Waals surface area contributed by atoms with Crippen molar-refractivity contribution in [1.82, 2.24) is 29.4 Å². The number of nitrogens with zero attached hydrogens (tertiary/aromatic N) is 5. The van der Waals surface area contributed by atoms with Gasteiger partial charge < -0.3 is 9.47 Å². The fourth-order valence-electron chi connectivity index (χ4n) is 2.90. The maximum absolute atomic E-state index is 12.8. The van der Waals surface area contributed by atoms with Gasteiger partial charge in [-0.3, -0.25) is 19.4 Å². The molecule has 0 aliphatic carbocycles. The van der Waals surface area contributed by atoms with E-state index >= 15 is 0 Å². The van der Waals surface area contributed by atoms with Crippen LogP contribution in [0.25, 0.3) is 5.69 Å². The normalized spacial score (nSPS) is 11.7. The third kappa shape index (κ3) is 6.17. The maximum Gasteiger partial charge on any atom is 0.349 e. The molecule has 1 atom stereocenters. The molecule has 0 aliphatic rings. The van der Waals surface area contributed by atoms with E-state index in [-0.39, 0.29) is 33.3 Å². The number of hydrogen-bond acceptors (Lipinski definition) is 10. The average molecular weight is 571 g/mol. The summed E-state index contributed by atoms with van der Waals surface area (Å²) in [6, 6.07) is 4.66. The molecule has 1 aromatic carbocycles. The second kappa shape index (κ2) is 11.6. The molecule has 3 aromatic rings. The van der Waals surface area contributed by atoms with E-state index in [4.69, 9.17) is 49.7 Å². The Bertz CT molecular complexity index is 1550. The molecule has 16 heteroatoms. The predicted octanol–water partition coefficient (Wildman–Crippen LogP) is 2.20. The molecule has 2 aromatic heterocycles. The standard InChI is InChI=1S/C21H18Cl3N7O6/c1-9(2)12-6-16(29-30(19(12)33)8-36-20(34)10(3)27-24)37-17-13(22)4-11(5-14(17)23)31-21(35)26-18(32)15(7-25)28-31/h4-6,9-10,27H,8H2,1-3H3,(H,26,32,35)/t10-/m0/s1. The number of esters is 1. The smallest absolute Gasteiger partial charge is 0.349 e. The summed E-state index contributed by atoms with van der Waals surface area (Å²) in [6.07, 6.45) is 0. The number of carbonyl (C=O) groups excluding carboxylic acids is 1. The van der Waals surface area contributed by atoms with Crippen molar-refractivity contribution in [3.05, 3.63) is 70.7 Å². The lowest BCUT2D eigenvalue weighted by molar-refractivity contribution is -0.149. The number of aromatic nitrogens is 5. The summed E-state index contributed by atoms with van der Waals surface area (Å²) in [5.41, 5.74) is -2.57. The molecule has 2 heterocycles. The Morgan fingerprint density at radius 3 is 2.38 bits per heavy atom. The van der Waals surface area contributed by atoms with Crippen molar-refractivity contribution < 1.29 is 14.3 Å². The summed E-state index contributed by atoms with van der Waals surface area (Å²) in [5, 5.41) is 16.6. The summed E-state index contributed by atoms with van der Waals surface area (Å²) in [7, 11) is 0. The van der Waals surface area contributed by atoms with E-state index in [9.17, 15) is 19.2 Å². The summed E-state index contributed by atoms with van der Waals surface area (Å²) in [5.74, 6) is -1.13. The highest BCUT2D eigenvalue weighted by molar-refractivity contribution is 6.37. The lowest BCUT2D eigenvalue weighted by Crippen LogP contribution is -2.33. The zero-order valence-corrected chi connectivity index (χ0v) is 21.7. The highest BCUT2D eigenvalue weighted by Gasteiger charge is 2.19. The van der Waals surface area contributed by atoms with Gasteiger partial charge in [-0.25, -0.2) is 9.63 Å². The Balaban J connectivity index is 2.00. The number of hydrogen-bond donors (Lipinski definition) is 2. The molecule has 0 fully saturated rings. The molecule has 3 rings (SSSR count). The predicted molar refractivity (Wildman–Crippen MR) is 132 cm³/mol. The van der Waals surface area contributed by atoms with E-state index in [1.807, 2.05) is 4.98 Å². The van der Waals surface area contributed by atoms with Gasteiger partial charge in [-0.15, -0.1) is 10.2 Å². The van der Waals surface area contributed by atoms with Crippen molar-refractivity contribution in [2.45, 2.75) is 39.5 Å². The van der Waals surface area contributed by atoms with Gasteiger partial charge in [0.2, 0.25) is 11.6 Å². The van der Waals surface area contributed by atoms with Crippen LogP contribution >= 0.6 is 35.0 Å². The van der Waals surface area contributed by atoms with Gasteiger partial charge in [0, 0.05) is 11.6 Å². The van der Waals surface area contributed by atoms with Crippen LogP contribution in [0.4, 0.5) is 0 Å². The Morgan fingerprint density at radius 1 is 1.16 bits per heavy atom. The SMILES string of the molecule is CC(C)c1cc(Oc2c(Cl)cc(-n3nc(C#N)c(=O)[nH]c3=O)cc2Cl)nn(COC(=O)[C@H](C)NCl)c1=O. The number of ether oxygens (including phenoxy) is 2. The van der Waals surface area contributed by atoms with Crippen LogP contribution < -0.4 is 26.4 Å². The third-order valence-corrected chi connectivity index (χ3v) is 5.70. The zero-order valence-electron chi connectivity index (χ0n) is 19.4. The molecular formula is C21H18Cl3N7O6. The first kappa shape index (κ1) is 27.9. The van der Waals surface area contributed by atoms with Gasteiger partial charge in [0.15, 0.2) is 12.5 Å². The summed E-state index contributed by atoms with van der Waals surface area (Å²) >= 11 is 18.1. The molecule has 194 valence electrons. The Labute approximate surface area is 223 Å². The lowest BCUT2D eigenvalue weighted by atomic mass is 10.1. The molecule has 0 radical (unpaired) electrons. The number of aromatic amines is 1. The molecule has 0 unspecified atom stereocenters. The molecule has 2 N–H and O–H groups in total. The van der Waals surface area contributed by atoms with E-state index in [0.29, 0.717) is 5.56 Å². The monoisotopic (exact) mass is 569 g/mol. The summed E-state index contributed by atoms with van der Waals surface area (Å²) in [4.78, 5) is 52.7. The first-order valence-electron chi connectivity index (χ1n) is 10.4. The first-order chi connectivity index (χ1) is 17.5. The minimum absolute atomic E-state index is 0.0369. The molecule has 0 saturated heterocycles. The van der Waals surface area contributed by atoms with Crippen molar-refractivity contribution in [1.29, 1.82) is 5.26 Å². The van der Waals surface area contributed by atoms with Gasteiger partial charge in [-0.05, 0) is 36.8 Å². The Kier molecular flexibility index (Phi) is 8.72. The van der Waals surface area contributed by atoms with Crippen molar-refractivity contribution in [3.8, 4) is 23.4 Å². The fraction of sp³-hybridized carbons (Fsp3) is 0.286. The average Bonchev–Trinajstić information content (AvgIpc) is 2.85. The Morgan fingerprint density at radius 2 is 1.81 bits per heavy atom. The number of carbonyl (C=O) groups is 1. The third-order valence-electron chi connectivity index (χ3n) is 4.82. The number of rotatable bonds is 8. The molecular weight excluding hydrogens is 553 g/mol. The minimum Gasteiger partial charge on any atom is -0.441 e. The maximum atomic E-state index is 12.8. The summed E-state index contributed by atoms with van der Waals surface area (Å²) in [6.45, 7) is 4.50. The quantitative estimate of drug-likeness (QED) is 0.302. The molecule has 0 bridgehead atoms. The molecule has 0 amide bonds. The number of benzene rings is 1. The number of nitrogens with one attached hydrogen (secondary N) is 2. The summed E-state index contributed by atoms with van der Waals surface area (Å²) < 4.78 is 12.5. The van der Waals surface area contributed by atoms with Crippen LogP contribution in [0.3, 0.4) is 0 Å². The van der Waals surface area contributed by atoms with Crippen LogP contribution in [0.15, 0.2) is 32.6 Å². The molecule has 0 spiro atoms. The lowest BCUT2D eigenvalue weighted by Gasteiger charge is -2.15. The highest BCUT2D eigenvalue weighted by Crippen LogP contribution is 2.37.